The summed E-state index contributed by atoms with van der Waals surface area (Å²) in [6, 6.07) is 11.7. The molecular weight excluding hydrogens is 331 g/mol. The molecule has 1 unspecified atom stereocenters. The highest BCUT2D eigenvalue weighted by molar-refractivity contribution is 7.78. The molecule has 0 saturated carbocycles. The number of halogens is 1. The van der Waals surface area contributed by atoms with E-state index in [1.54, 1.807) is 43.3 Å². The average molecular weight is 346 g/mol. The van der Waals surface area contributed by atoms with Crippen LogP contribution in [0.3, 0.4) is 0 Å². The van der Waals surface area contributed by atoms with Crippen LogP contribution in [0.4, 0.5) is 4.39 Å². The molecule has 0 aliphatic carbocycles. The summed E-state index contributed by atoms with van der Waals surface area (Å²) in [4.78, 5) is 12.1. The summed E-state index contributed by atoms with van der Waals surface area (Å²) in [6.07, 6.45) is 0. The topological polar surface area (TPSA) is 63.6 Å². The van der Waals surface area contributed by atoms with E-state index in [4.69, 9.17) is 9.29 Å². The lowest BCUT2D eigenvalue weighted by atomic mass is 9.95. The molecule has 4 nitrogen and oxygen atoms in total. The highest BCUT2D eigenvalue weighted by Crippen LogP contribution is 2.33. The maximum atomic E-state index is 13.8. The van der Waals surface area contributed by atoms with E-state index < -0.39 is 17.0 Å². The fraction of sp³-hybridized carbons (Fsp3) is 0.167. The van der Waals surface area contributed by atoms with Crippen LogP contribution in [0.25, 0.3) is 11.1 Å². The van der Waals surface area contributed by atoms with E-state index in [0.29, 0.717) is 27.8 Å². The Morgan fingerprint density at radius 3 is 2.46 bits per heavy atom. The number of hydrogen-bond acceptors (Lipinski definition) is 3. The van der Waals surface area contributed by atoms with Gasteiger partial charge < -0.3 is 9.29 Å². The highest BCUT2D eigenvalue weighted by Gasteiger charge is 2.27. The van der Waals surface area contributed by atoms with E-state index in [1.807, 2.05) is 0 Å². The number of rotatable bonds is 4. The first-order chi connectivity index (χ1) is 11.5. The Balaban J connectivity index is 2.02. The SMILES string of the molecule is Cc1ccc(C2=C(c3ccc(CS(=O)O)cc3)COC2=O)cc1F. The Morgan fingerprint density at radius 1 is 1.17 bits per heavy atom. The monoisotopic (exact) mass is 346 g/mol. The van der Waals surface area contributed by atoms with Crippen LogP contribution >= 0.6 is 0 Å². The van der Waals surface area contributed by atoms with Gasteiger partial charge in [0.2, 0.25) is 0 Å². The lowest BCUT2D eigenvalue weighted by molar-refractivity contribution is -0.133. The molecule has 24 heavy (non-hydrogen) atoms. The van der Waals surface area contributed by atoms with E-state index in [0.717, 1.165) is 5.56 Å². The molecule has 2 aromatic rings. The third kappa shape index (κ3) is 3.29. The van der Waals surface area contributed by atoms with Crippen molar-refractivity contribution in [3.05, 3.63) is 70.5 Å². The predicted octanol–water partition coefficient (Wildman–Crippen LogP) is 3.32. The molecule has 1 atom stereocenters. The molecule has 1 aliphatic rings. The molecule has 124 valence electrons. The smallest absolute Gasteiger partial charge is 0.339 e. The first kappa shape index (κ1) is 16.5. The van der Waals surface area contributed by atoms with E-state index >= 15 is 0 Å². The van der Waals surface area contributed by atoms with Crippen molar-refractivity contribution in [2.45, 2.75) is 12.7 Å². The predicted molar refractivity (Wildman–Crippen MR) is 89.8 cm³/mol. The zero-order chi connectivity index (χ0) is 17.3. The molecule has 1 aliphatic heterocycles. The van der Waals surface area contributed by atoms with Crippen LogP contribution in [0, 0.1) is 12.7 Å². The molecule has 0 amide bonds. The summed E-state index contributed by atoms with van der Waals surface area (Å²) in [5, 5.41) is 0. The third-order valence-corrected chi connectivity index (χ3v) is 4.49. The van der Waals surface area contributed by atoms with Gasteiger partial charge in [0.1, 0.15) is 12.4 Å². The highest BCUT2D eigenvalue weighted by atomic mass is 32.2. The van der Waals surface area contributed by atoms with Crippen molar-refractivity contribution >= 4 is 28.2 Å². The van der Waals surface area contributed by atoms with E-state index in [1.165, 1.54) is 6.07 Å². The minimum Gasteiger partial charge on any atom is -0.457 e. The van der Waals surface area contributed by atoms with Gasteiger partial charge >= 0.3 is 5.97 Å². The van der Waals surface area contributed by atoms with Crippen LogP contribution in [0.2, 0.25) is 0 Å². The molecule has 0 saturated heterocycles. The molecule has 6 heteroatoms. The number of carbonyl (C=O) groups excluding carboxylic acids is 1. The van der Waals surface area contributed by atoms with Gasteiger partial charge in [-0.25, -0.2) is 13.4 Å². The van der Waals surface area contributed by atoms with Crippen molar-refractivity contribution in [1.82, 2.24) is 0 Å². The number of cyclic esters (lactones) is 1. The average Bonchev–Trinajstić information content (AvgIpc) is 2.92. The third-order valence-electron chi connectivity index (χ3n) is 3.91. The summed E-state index contributed by atoms with van der Waals surface area (Å²) in [5.74, 6) is -0.807. The minimum atomic E-state index is -1.90. The lowest BCUT2D eigenvalue weighted by Gasteiger charge is -2.07. The second-order valence-corrected chi connectivity index (χ2v) is 6.49. The van der Waals surface area contributed by atoms with Crippen LogP contribution < -0.4 is 0 Å². The molecule has 0 radical (unpaired) electrons. The van der Waals surface area contributed by atoms with Crippen molar-refractivity contribution in [2.24, 2.45) is 0 Å². The van der Waals surface area contributed by atoms with Gasteiger partial charge in [0.15, 0.2) is 11.1 Å². The van der Waals surface area contributed by atoms with Crippen molar-refractivity contribution in [3.8, 4) is 0 Å². The van der Waals surface area contributed by atoms with Crippen LogP contribution in [0.5, 0.6) is 0 Å². The van der Waals surface area contributed by atoms with Crippen LogP contribution in [-0.4, -0.2) is 21.3 Å². The summed E-state index contributed by atoms with van der Waals surface area (Å²) < 4.78 is 38.7. The quantitative estimate of drug-likeness (QED) is 0.681. The summed E-state index contributed by atoms with van der Waals surface area (Å²) in [7, 11) is 0. The molecule has 0 aromatic heterocycles. The second-order valence-electron chi connectivity index (χ2n) is 5.56. The van der Waals surface area contributed by atoms with E-state index in [-0.39, 0.29) is 18.2 Å². The molecule has 2 aromatic carbocycles. The van der Waals surface area contributed by atoms with Gasteiger partial charge in [0, 0.05) is 5.57 Å². The van der Waals surface area contributed by atoms with Gasteiger partial charge in [0.25, 0.3) is 0 Å². The minimum absolute atomic E-state index is 0.0464. The van der Waals surface area contributed by atoms with Gasteiger partial charge in [-0.3, -0.25) is 0 Å². The van der Waals surface area contributed by atoms with Gasteiger partial charge in [-0.05, 0) is 35.2 Å². The van der Waals surface area contributed by atoms with Gasteiger partial charge in [-0.1, -0.05) is 36.4 Å². The Labute approximate surface area is 141 Å². The van der Waals surface area contributed by atoms with Gasteiger partial charge in [-0.15, -0.1) is 0 Å². The van der Waals surface area contributed by atoms with Crippen LogP contribution in [-0.2, 0) is 26.4 Å². The Morgan fingerprint density at radius 2 is 1.83 bits per heavy atom. The lowest BCUT2D eigenvalue weighted by Crippen LogP contribution is -1.99. The number of ether oxygens (including phenoxy) is 1. The van der Waals surface area contributed by atoms with Crippen molar-refractivity contribution in [3.63, 3.8) is 0 Å². The Bertz CT molecular complexity index is 856. The summed E-state index contributed by atoms with van der Waals surface area (Å²) >= 11 is -1.90. The maximum Gasteiger partial charge on any atom is 0.339 e. The molecule has 3 rings (SSSR count). The second kappa shape index (κ2) is 6.67. The van der Waals surface area contributed by atoms with Crippen LogP contribution in [0.15, 0.2) is 42.5 Å². The van der Waals surface area contributed by atoms with Gasteiger partial charge in [0.05, 0.1) is 11.3 Å². The standard InChI is InChI=1S/C18H15FO4S/c1-11-2-5-14(8-16(11)19)17-15(9-23-18(17)20)13-6-3-12(4-7-13)10-24(21)22/h2-8H,9-10H2,1H3,(H,21,22). The first-order valence-electron chi connectivity index (χ1n) is 7.29. The van der Waals surface area contributed by atoms with E-state index in [2.05, 4.69) is 0 Å². The number of esters is 1. The summed E-state index contributed by atoms with van der Waals surface area (Å²) in [5.41, 5.74) is 3.51. The molecular formula is C18H15FO4S. The Hall–Kier alpha value is -2.31. The fourth-order valence-electron chi connectivity index (χ4n) is 2.62. The van der Waals surface area contributed by atoms with Crippen molar-refractivity contribution in [2.75, 3.05) is 6.61 Å². The number of benzene rings is 2. The summed E-state index contributed by atoms with van der Waals surface area (Å²) in [6.45, 7) is 1.78. The maximum absolute atomic E-state index is 13.8. The molecule has 1 heterocycles. The Kier molecular flexibility index (Phi) is 4.59. The zero-order valence-corrected chi connectivity index (χ0v) is 13.7. The fourth-order valence-corrected chi connectivity index (χ4v) is 3.10. The molecule has 0 spiro atoms. The largest absolute Gasteiger partial charge is 0.457 e. The number of carbonyl (C=O) groups is 1. The zero-order valence-electron chi connectivity index (χ0n) is 12.9. The van der Waals surface area contributed by atoms with Crippen molar-refractivity contribution in [1.29, 1.82) is 0 Å². The molecule has 1 N–H and O–H groups in total. The molecule has 0 bridgehead atoms. The van der Waals surface area contributed by atoms with Crippen molar-refractivity contribution < 1.29 is 22.7 Å². The van der Waals surface area contributed by atoms with Gasteiger partial charge in [-0.2, -0.15) is 0 Å². The normalized spacial score (nSPS) is 15.5. The number of aryl methyl sites for hydroxylation is 1. The van der Waals surface area contributed by atoms with Crippen LogP contribution in [0.1, 0.15) is 22.3 Å². The molecule has 0 fully saturated rings. The van der Waals surface area contributed by atoms with E-state index in [9.17, 15) is 13.4 Å². The number of hydrogen-bond donors (Lipinski definition) is 1. The first-order valence-corrected chi connectivity index (χ1v) is 8.57.